The number of pyridine rings is 1. The second kappa shape index (κ2) is 4.82. The Morgan fingerprint density at radius 3 is 3.00 bits per heavy atom. The van der Waals surface area contributed by atoms with Crippen LogP contribution in [0.2, 0.25) is 0 Å². The van der Waals surface area contributed by atoms with Crippen LogP contribution in [0.4, 0.5) is 11.6 Å². The van der Waals surface area contributed by atoms with E-state index >= 15 is 0 Å². The van der Waals surface area contributed by atoms with E-state index in [2.05, 4.69) is 9.88 Å². The molecule has 0 amide bonds. The molecule has 1 atom stereocenters. The Morgan fingerprint density at radius 2 is 2.24 bits per heavy atom. The lowest BCUT2D eigenvalue weighted by Crippen LogP contribution is -2.39. The van der Waals surface area contributed by atoms with Crippen molar-refractivity contribution < 1.29 is 4.74 Å². The van der Waals surface area contributed by atoms with Crippen LogP contribution in [0.15, 0.2) is 6.07 Å². The molecule has 4 nitrogen and oxygen atoms in total. The molecule has 0 radical (unpaired) electrons. The summed E-state index contributed by atoms with van der Waals surface area (Å²) in [6.07, 6.45) is 2.43. The number of nitrogen functional groups attached to an aromatic ring is 1. The third kappa shape index (κ3) is 2.04. The first-order valence-electron chi connectivity index (χ1n) is 6.42. The van der Waals surface area contributed by atoms with Crippen molar-refractivity contribution in [2.24, 2.45) is 0 Å². The summed E-state index contributed by atoms with van der Waals surface area (Å²) in [7, 11) is 0. The number of nitrogens with zero attached hydrogens (tertiary/aromatic N) is 2. The van der Waals surface area contributed by atoms with Gasteiger partial charge in [0.25, 0.3) is 0 Å². The first kappa shape index (κ1) is 12.0. The van der Waals surface area contributed by atoms with Gasteiger partial charge >= 0.3 is 0 Å². The van der Waals surface area contributed by atoms with Crippen LogP contribution in [0.1, 0.15) is 32.3 Å². The second-order valence-corrected chi connectivity index (χ2v) is 4.32. The Kier molecular flexibility index (Phi) is 3.41. The van der Waals surface area contributed by atoms with E-state index in [0.717, 1.165) is 30.3 Å². The summed E-state index contributed by atoms with van der Waals surface area (Å²) < 4.78 is 5.76. The Labute approximate surface area is 103 Å². The number of aromatic nitrogens is 1. The molecule has 0 saturated carbocycles. The standard InChI is InChI=1S/C11H15N3O.C2H6/c1-7-5-9(12)13-11-10(7)15-6-8-3-2-4-14(8)11;1-2/h5,8H,2-4,6H2,1H3,(H2,12,13);1-2H3. The Balaban J connectivity index is 0.000000514. The molecule has 0 aromatic carbocycles. The normalized spacial score (nSPS) is 20.9. The number of hydrogen-bond acceptors (Lipinski definition) is 4. The van der Waals surface area contributed by atoms with E-state index in [1.807, 2.05) is 26.8 Å². The number of anilines is 2. The van der Waals surface area contributed by atoms with Gasteiger partial charge in [-0.25, -0.2) is 4.98 Å². The van der Waals surface area contributed by atoms with Crippen LogP contribution in [0.5, 0.6) is 5.75 Å². The molecular formula is C13H21N3O. The van der Waals surface area contributed by atoms with Crippen molar-refractivity contribution in [1.82, 2.24) is 4.98 Å². The zero-order chi connectivity index (χ0) is 12.4. The van der Waals surface area contributed by atoms with E-state index in [-0.39, 0.29) is 0 Å². The minimum atomic E-state index is 0.506. The molecule has 0 bridgehead atoms. The zero-order valence-corrected chi connectivity index (χ0v) is 10.9. The fourth-order valence-electron chi connectivity index (χ4n) is 2.51. The maximum atomic E-state index is 5.77. The summed E-state index contributed by atoms with van der Waals surface area (Å²) in [5.74, 6) is 2.45. The highest BCUT2D eigenvalue weighted by atomic mass is 16.5. The second-order valence-electron chi connectivity index (χ2n) is 4.32. The molecule has 1 fully saturated rings. The van der Waals surface area contributed by atoms with Crippen LogP contribution in [-0.4, -0.2) is 24.2 Å². The number of hydrogen-bond donors (Lipinski definition) is 1. The Bertz CT molecular complexity index is 406. The fourth-order valence-corrected chi connectivity index (χ4v) is 2.51. The number of ether oxygens (including phenoxy) is 1. The van der Waals surface area contributed by atoms with Crippen LogP contribution < -0.4 is 15.4 Å². The number of fused-ring (bicyclic) bond motifs is 3. The Morgan fingerprint density at radius 1 is 1.47 bits per heavy atom. The predicted octanol–water partition coefficient (Wildman–Crippen LogP) is 2.36. The first-order valence-corrected chi connectivity index (χ1v) is 6.42. The molecule has 0 spiro atoms. The molecule has 1 aromatic heterocycles. The van der Waals surface area contributed by atoms with Gasteiger partial charge in [-0.2, -0.15) is 0 Å². The smallest absolute Gasteiger partial charge is 0.174 e. The van der Waals surface area contributed by atoms with Crippen LogP contribution in [-0.2, 0) is 0 Å². The third-order valence-electron chi connectivity index (χ3n) is 3.23. The van der Waals surface area contributed by atoms with Crippen LogP contribution in [0, 0.1) is 6.92 Å². The van der Waals surface area contributed by atoms with Gasteiger partial charge in [-0.15, -0.1) is 0 Å². The monoisotopic (exact) mass is 235 g/mol. The summed E-state index contributed by atoms with van der Waals surface area (Å²) in [5, 5.41) is 0. The quantitative estimate of drug-likeness (QED) is 0.750. The van der Waals surface area contributed by atoms with E-state index < -0.39 is 0 Å². The van der Waals surface area contributed by atoms with Crippen LogP contribution in [0.25, 0.3) is 0 Å². The minimum absolute atomic E-state index is 0.506. The fraction of sp³-hybridized carbons (Fsp3) is 0.615. The highest BCUT2D eigenvalue weighted by Gasteiger charge is 2.33. The van der Waals surface area contributed by atoms with Gasteiger partial charge in [0.15, 0.2) is 11.6 Å². The van der Waals surface area contributed by atoms with Gasteiger partial charge in [-0.3, -0.25) is 0 Å². The van der Waals surface area contributed by atoms with Crippen molar-refractivity contribution >= 4 is 11.6 Å². The summed E-state index contributed by atoms with van der Waals surface area (Å²) in [6.45, 7) is 7.89. The average molecular weight is 235 g/mol. The van der Waals surface area contributed by atoms with Gasteiger partial charge < -0.3 is 15.4 Å². The van der Waals surface area contributed by atoms with Crippen molar-refractivity contribution in [2.75, 3.05) is 23.8 Å². The van der Waals surface area contributed by atoms with E-state index in [1.54, 1.807) is 0 Å². The van der Waals surface area contributed by atoms with Gasteiger partial charge in [0, 0.05) is 6.54 Å². The van der Waals surface area contributed by atoms with E-state index in [4.69, 9.17) is 10.5 Å². The van der Waals surface area contributed by atoms with Crippen molar-refractivity contribution in [3.05, 3.63) is 11.6 Å². The highest BCUT2D eigenvalue weighted by molar-refractivity contribution is 5.62. The molecule has 1 saturated heterocycles. The molecule has 1 unspecified atom stereocenters. The molecule has 1 aromatic rings. The number of rotatable bonds is 0. The molecule has 2 aliphatic heterocycles. The van der Waals surface area contributed by atoms with Crippen LogP contribution in [0.3, 0.4) is 0 Å². The average Bonchev–Trinajstić information content (AvgIpc) is 2.80. The molecule has 2 N–H and O–H groups in total. The maximum Gasteiger partial charge on any atom is 0.174 e. The van der Waals surface area contributed by atoms with Gasteiger partial charge in [-0.1, -0.05) is 13.8 Å². The van der Waals surface area contributed by atoms with Gasteiger partial charge in [0.1, 0.15) is 12.4 Å². The molecule has 17 heavy (non-hydrogen) atoms. The summed E-state index contributed by atoms with van der Waals surface area (Å²) in [6, 6.07) is 2.38. The minimum Gasteiger partial charge on any atom is -0.487 e. The van der Waals surface area contributed by atoms with Crippen molar-refractivity contribution in [2.45, 2.75) is 39.7 Å². The third-order valence-corrected chi connectivity index (χ3v) is 3.23. The highest BCUT2D eigenvalue weighted by Crippen LogP contribution is 2.39. The molecule has 4 heteroatoms. The summed E-state index contributed by atoms with van der Waals surface area (Å²) in [5.41, 5.74) is 6.86. The SMILES string of the molecule is CC.Cc1cc(N)nc2c1OCC1CCCN21. The van der Waals surface area contributed by atoms with Crippen molar-refractivity contribution in [3.63, 3.8) is 0 Å². The molecule has 94 valence electrons. The van der Waals surface area contributed by atoms with E-state index in [9.17, 15) is 0 Å². The molecular weight excluding hydrogens is 214 g/mol. The maximum absolute atomic E-state index is 5.77. The predicted molar refractivity (Wildman–Crippen MR) is 70.6 cm³/mol. The van der Waals surface area contributed by atoms with E-state index in [1.165, 1.54) is 12.8 Å². The van der Waals surface area contributed by atoms with Crippen molar-refractivity contribution in [3.8, 4) is 5.75 Å². The van der Waals surface area contributed by atoms with Crippen LogP contribution >= 0.6 is 0 Å². The molecule has 0 aliphatic carbocycles. The zero-order valence-electron chi connectivity index (χ0n) is 10.9. The van der Waals surface area contributed by atoms with Crippen molar-refractivity contribution in [1.29, 1.82) is 0 Å². The Hall–Kier alpha value is -1.45. The lowest BCUT2D eigenvalue weighted by atomic mass is 10.2. The van der Waals surface area contributed by atoms with E-state index in [0.29, 0.717) is 11.9 Å². The molecule has 3 heterocycles. The lowest BCUT2D eigenvalue weighted by Gasteiger charge is -2.33. The lowest BCUT2D eigenvalue weighted by molar-refractivity contribution is 0.268. The van der Waals surface area contributed by atoms with Gasteiger partial charge in [0.2, 0.25) is 0 Å². The topological polar surface area (TPSA) is 51.4 Å². The molecule has 3 rings (SSSR count). The van der Waals surface area contributed by atoms with Gasteiger partial charge in [0.05, 0.1) is 6.04 Å². The number of nitrogens with two attached hydrogens (primary N) is 1. The summed E-state index contributed by atoms with van der Waals surface area (Å²) in [4.78, 5) is 6.73. The first-order chi connectivity index (χ1) is 8.25. The summed E-state index contributed by atoms with van der Waals surface area (Å²) >= 11 is 0. The largest absolute Gasteiger partial charge is 0.487 e. The number of aryl methyl sites for hydroxylation is 1. The molecule has 2 aliphatic rings. The van der Waals surface area contributed by atoms with Gasteiger partial charge in [-0.05, 0) is 31.4 Å².